The van der Waals surface area contributed by atoms with Crippen molar-refractivity contribution in [1.29, 1.82) is 0 Å². The van der Waals surface area contributed by atoms with Crippen molar-refractivity contribution in [3.63, 3.8) is 0 Å². The summed E-state index contributed by atoms with van der Waals surface area (Å²) in [5.74, 6) is 1.09. The maximum atomic E-state index is 13.1. The van der Waals surface area contributed by atoms with Crippen LogP contribution in [0.3, 0.4) is 0 Å². The van der Waals surface area contributed by atoms with Crippen molar-refractivity contribution < 1.29 is 17.9 Å². The second-order valence-corrected chi connectivity index (χ2v) is 8.82. The lowest BCUT2D eigenvalue weighted by Crippen LogP contribution is -2.32. The highest BCUT2D eigenvalue weighted by Gasteiger charge is 2.42. The Morgan fingerprint density at radius 1 is 1.32 bits per heavy atom. The second-order valence-electron chi connectivity index (χ2n) is 6.48. The van der Waals surface area contributed by atoms with Gasteiger partial charge >= 0.3 is 0 Å². The van der Waals surface area contributed by atoms with Gasteiger partial charge in [-0.2, -0.15) is 4.31 Å². The van der Waals surface area contributed by atoms with Crippen LogP contribution in [0.25, 0.3) is 0 Å². The van der Waals surface area contributed by atoms with Crippen LogP contribution in [0.1, 0.15) is 6.92 Å². The molecule has 6 nitrogen and oxygen atoms in total. The van der Waals surface area contributed by atoms with Crippen molar-refractivity contribution in [1.82, 2.24) is 9.62 Å². The summed E-state index contributed by atoms with van der Waals surface area (Å²) in [5.41, 5.74) is 0. The molecule has 3 rings (SSSR count). The summed E-state index contributed by atoms with van der Waals surface area (Å²) in [6, 6.07) is 4.72. The molecule has 25 heavy (non-hydrogen) atoms. The van der Waals surface area contributed by atoms with Crippen molar-refractivity contribution in [2.75, 3.05) is 39.9 Å². The molecule has 1 aromatic rings. The molecular weight excluding hydrogens is 387 g/mol. The summed E-state index contributed by atoms with van der Waals surface area (Å²) < 4.78 is 38.6. The highest BCUT2D eigenvalue weighted by Crippen LogP contribution is 2.35. The van der Waals surface area contributed by atoms with E-state index in [1.165, 1.54) is 6.07 Å². The largest absolute Gasteiger partial charge is 0.487 e. The number of benzene rings is 1. The van der Waals surface area contributed by atoms with E-state index >= 15 is 0 Å². The van der Waals surface area contributed by atoms with E-state index in [1.807, 2.05) is 6.92 Å². The van der Waals surface area contributed by atoms with E-state index in [-0.39, 0.29) is 23.4 Å². The van der Waals surface area contributed by atoms with Crippen LogP contribution in [-0.2, 0) is 14.8 Å². The zero-order valence-electron chi connectivity index (χ0n) is 14.3. The third kappa shape index (κ3) is 4.40. The van der Waals surface area contributed by atoms with Gasteiger partial charge in [-0.05, 0) is 50.0 Å². The van der Waals surface area contributed by atoms with E-state index in [1.54, 1.807) is 23.5 Å². The molecular formula is C16H24Cl2N2O4S. The molecule has 0 amide bonds. The monoisotopic (exact) mass is 410 g/mol. The zero-order chi connectivity index (χ0) is 17.3. The topological polar surface area (TPSA) is 67.9 Å². The first-order valence-electron chi connectivity index (χ1n) is 8.08. The minimum Gasteiger partial charge on any atom is -0.487 e. The van der Waals surface area contributed by atoms with E-state index in [0.29, 0.717) is 42.3 Å². The molecule has 1 unspecified atom stereocenters. The Morgan fingerprint density at radius 2 is 1.96 bits per heavy atom. The molecule has 1 N–H and O–H groups in total. The van der Waals surface area contributed by atoms with Gasteiger partial charge in [0.15, 0.2) is 0 Å². The zero-order valence-corrected chi connectivity index (χ0v) is 16.7. The van der Waals surface area contributed by atoms with E-state index in [9.17, 15) is 8.42 Å². The Bertz CT molecular complexity index is 689. The number of ether oxygens (including phenoxy) is 2. The molecule has 0 aliphatic carbocycles. The number of sulfonamides is 1. The van der Waals surface area contributed by atoms with Crippen LogP contribution in [0, 0.1) is 11.8 Å². The number of methoxy groups -OCH3 is 1. The second kappa shape index (κ2) is 8.41. The summed E-state index contributed by atoms with van der Waals surface area (Å²) in [6.07, 6.45) is -0.257. The standard InChI is InChI=1S/C16H23ClN2O4S.ClH/c1-11(10-22-2)23-15-4-3-14(17)5-16(15)24(20,21)19-8-12-6-18-7-13(12)9-19;/h3-5,11-13,18H,6-10H2,1-2H3;1H/t11?,12-,13+;. The first-order valence-corrected chi connectivity index (χ1v) is 9.89. The average Bonchev–Trinajstić information content (AvgIpc) is 3.11. The van der Waals surface area contributed by atoms with Crippen LogP contribution in [0.2, 0.25) is 5.02 Å². The average molecular weight is 411 g/mol. The normalized spacial score (nSPS) is 24.6. The van der Waals surface area contributed by atoms with Gasteiger partial charge < -0.3 is 14.8 Å². The number of nitrogens with zero attached hydrogens (tertiary/aromatic N) is 1. The van der Waals surface area contributed by atoms with Crippen LogP contribution in [0.5, 0.6) is 5.75 Å². The van der Waals surface area contributed by atoms with Crippen LogP contribution in [0.15, 0.2) is 23.1 Å². The van der Waals surface area contributed by atoms with E-state index in [4.69, 9.17) is 21.1 Å². The Morgan fingerprint density at radius 3 is 2.56 bits per heavy atom. The summed E-state index contributed by atoms with van der Waals surface area (Å²) in [7, 11) is -2.06. The van der Waals surface area contributed by atoms with Gasteiger partial charge in [0, 0.05) is 25.2 Å². The quantitative estimate of drug-likeness (QED) is 0.776. The van der Waals surface area contributed by atoms with Gasteiger partial charge in [-0.3, -0.25) is 0 Å². The molecule has 2 saturated heterocycles. The van der Waals surface area contributed by atoms with E-state index in [2.05, 4.69) is 5.32 Å². The molecule has 2 aliphatic rings. The summed E-state index contributed by atoms with van der Waals surface area (Å²) in [6.45, 7) is 5.04. The van der Waals surface area contributed by atoms with Crippen molar-refractivity contribution in [2.24, 2.45) is 11.8 Å². The fourth-order valence-corrected chi connectivity index (χ4v) is 5.35. The third-order valence-electron chi connectivity index (χ3n) is 4.61. The lowest BCUT2D eigenvalue weighted by Gasteiger charge is -2.21. The van der Waals surface area contributed by atoms with Gasteiger partial charge in [-0.25, -0.2) is 8.42 Å². The Hall–Kier alpha value is -0.570. The molecule has 0 radical (unpaired) electrons. The maximum absolute atomic E-state index is 13.1. The fraction of sp³-hybridized carbons (Fsp3) is 0.625. The Kier molecular flexibility index (Phi) is 6.98. The summed E-state index contributed by atoms with van der Waals surface area (Å²) in [5, 5.41) is 3.69. The van der Waals surface area contributed by atoms with Crippen LogP contribution < -0.4 is 10.1 Å². The maximum Gasteiger partial charge on any atom is 0.246 e. The molecule has 0 saturated carbocycles. The van der Waals surface area contributed by atoms with Gasteiger partial charge in [0.2, 0.25) is 10.0 Å². The Labute approximate surface area is 160 Å². The molecule has 2 heterocycles. The van der Waals surface area contributed by atoms with Crippen LogP contribution in [0.4, 0.5) is 0 Å². The van der Waals surface area contributed by atoms with Crippen molar-refractivity contribution >= 4 is 34.0 Å². The van der Waals surface area contributed by atoms with E-state index in [0.717, 1.165) is 13.1 Å². The number of fused-ring (bicyclic) bond motifs is 1. The molecule has 2 aliphatic heterocycles. The number of hydrogen-bond acceptors (Lipinski definition) is 5. The van der Waals surface area contributed by atoms with Crippen LogP contribution in [-0.4, -0.2) is 58.7 Å². The number of nitrogens with one attached hydrogen (secondary N) is 1. The lowest BCUT2D eigenvalue weighted by atomic mass is 10.0. The SMILES string of the molecule is COCC(C)Oc1ccc(Cl)cc1S(=O)(=O)N1C[C@H]2CNC[C@H]2C1.Cl. The van der Waals surface area contributed by atoms with Gasteiger partial charge in [0.05, 0.1) is 6.61 Å². The molecule has 9 heteroatoms. The van der Waals surface area contributed by atoms with E-state index < -0.39 is 10.0 Å². The summed E-state index contributed by atoms with van der Waals surface area (Å²) >= 11 is 6.05. The van der Waals surface area contributed by atoms with Gasteiger partial charge in [-0.1, -0.05) is 11.6 Å². The third-order valence-corrected chi connectivity index (χ3v) is 6.70. The highest BCUT2D eigenvalue weighted by atomic mass is 35.5. The van der Waals surface area contributed by atoms with Crippen molar-refractivity contribution in [2.45, 2.75) is 17.9 Å². The fourth-order valence-electron chi connectivity index (χ4n) is 3.41. The predicted molar refractivity (Wildman–Crippen MR) is 99.3 cm³/mol. The highest BCUT2D eigenvalue weighted by molar-refractivity contribution is 7.89. The number of halogens is 2. The number of hydrogen-bond donors (Lipinski definition) is 1. The van der Waals surface area contributed by atoms with Crippen LogP contribution >= 0.6 is 24.0 Å². The van der Waals surface area contributed by atoms with Crippen molar-refractivity contribution in [3.8, 4) is 5.75 Å². The predicted octanol–water partition coefficient (Wildman–Crippen LogP) is 2.02. The molecule has 2 fully saturated rings. The molecule has 0 spiro atoms. The van der Waals surface area contributed by atoms with Gasteiger partial charge in [0.25, 0.3) is 0 Å². The first kappa shape index (κ1) is 20.7. The molecule has 3 atom stereocenters. The van der Waals surface area contributed by atoms with Gasteiger partial charge in [0.1, 0.15) is 16.7 Å². The minimum absolute atomic E-state index is 0. The lowest BCUT2D eigenvalue weighted by molar-refractivity contribution is 0.0900. The Balaban J connectivity index is 0.00000225. The smallest absolute Gasteiger partial charge is 0.246 e. The number of rotatable bonds is 6. The minimum atomic E-state index is -3.64. The summed E-state index contributed by atoms with van der Waals surface area (Å²) in [4.78, 5) is 0.130. The first-order chi connectivity index (χ1) is 11.4. The molecule has 1 aromatic carbocycles. The van der Waals surface area contributed by atoms with Crippen molar-refractivity contribution in [3.05, 3.63) is 23.2 Å². The molecule has 142 valence electrons. The molecule has 0 aromatic heterocycles. The van der Waals surface area contributed by atoms with Gasteiger partial charge in [-0.15, -0.1) is 12.4 Å². The molecule has 0 bridgehead atoms.